The van der Waals surface area contributed by atoms with E-state index in [1.54, 1.807) is 18.3 Å². The second kappa shape index (κ2) is 4.10. The lowest BCUT2D eigenvalue weighted by Crippen LogP contribution is -2.16. The highest BCUT2D eigenvalue weighted by Gasteiger charge is 2.09. The Hall–Kier alpha value is -1.88. The van der Waals surface area contributed by atoms with E-state index < -0.39 is 6.09 Å². The van der Waals surface area contributed by atoms with Crippen LogP contribution in [0.2, 0.25) is 0 Å². The Morgan fingerprint density at radius 3 is 2.87 bits per heavy atom. The Balaban J connectivity index is 2.42. The Kier molecular flexibility index (Phi) is 2.64. The molecule has 76 valence electrons. The highest BCUT2D eigenvalue weighted by molar-refractivity contribution is 7.13. The molecule has 1 aromatic heterocycles. The zero-order valence-corrected chi connectivity index (χ0v) is 8.53. The van der Waals surface area contributed by atoms with Crippen LogP contribution < -0.4 is 10.5 Å². The SMILES string of the molecule is NC(=O)Oc1ccccc1-c1nccs1. The van der Waals surface area contributed by atoms with Gasteiger partial charge in [0.25, 0.3) is 0 Å². The van der Waals surface area contributed by atoms with E-state index in [-0.39, 0.29) is 0 Å². The van der Waals surface area contributed by atoms with E-state index >= 15 is 0 Å². The zero-order chi connectivity index (χ0) is 10.7. The predicted octanol–water partition coefficient (Wildman–Crippen LogP) is 2.27. The van der Waals surface area contributed by atoms with E-state index in [1.807, 2.05) is 17.5 Å². The lowest BCUT2D eigenvalue weighted by Gasteiger charge is -2.05. The normalized spacial score (nSPS) is 9.87. The number of carbonyl (C=O) groups excluding carboxylic acids is 1. The molecular weight excluding hydrogens is 212 g/mol. The van der Waals surface area contributed by atoms with Crippen LogP contribution in [0.5, 0.6) is 5.75 Å². The first kappa shape index (κ1) is 9.67. The maximum atomic E-state index is 10.7. The van der Waals surface area contributed by atoms with Crippen molar-refractivity contribution in [2.24, 2.45) is 5.73 Å². The van der Waals surface area contributed by atoms with Crippen molar-refractivity contribution in [1.29, 1.82) is 0 Å². The number of nitrogens with zero attached hydrogens (tertiary/aromatic N) is 1. The van der Waals surface area contributed by atoms with E-state index in [0.29, 0.717) is 5.75 Å². The molecular formula is C10H8N2O2S. The second-order valence-electron chi connectivity index (χ2n) is 2.75. The molecule has 0 bridgehead atoms. The third-order valence-corrected chi connectivity index (χ3v) is 2.57. The van der Waals surface area contributed by atoms with Crippen molar-refractivity contribution in [3.05, 3.63) is 35.8 Å². The molecule has 0 spiro atoms. The average Bonchev–Trinajstić information content (AvgIpc) is 2.70. The van der Waals surface area contributed by atoms with Gasteiger partial charge < -0.3 is 10.5 Å². The van der Waals surface area contributed by atoms with Gasteiger partial charge in [-0.1, -0.05) is 12.1 Å². The first-order valence-corrected chi connectivity index (χ1v) is 5.11. The van der Waals surface area contributed by atoms with E-state index in [0.717, 1.165) is 10.6 Å². The Bertz CT molecular complexity index is 468. The van der Waals surface area contributed by atoms with Crippen molar-refractivity contribution in [2.75, 3.05) is 0 Å². The summed E-state index contributed by atoms with van der Waals surface area (Å²) < 4.78 is 4.87. The molecule has 0 fully saturated rings. The standard InChI is InChI=1S/C10H8N2O2S/c11-10(13)14-8-4-2-1-3-7(8)9-12-5-6-15-9/h1-6H,(H2,11,13). The molecule has 0 aliphatic carbocycles. The lowest BCUT2D eigenvalue weighted by atomic mass is 10.2. The van der Waals surface area contributed by atoms with Crippen LogP contribution in [0, 0.1) is 0 Å². The number of thiazole rings is 1. The summed E-state index contributed by atoms with van der Waals surface area (Å²) in [5, 5.41) is 2.66. The number of aromatic nitrogens is 1. The van der Waals surface area contributed by atoms with Gasteiger partial charge in [-0.2, -0.15) is 0 Å². The smallest absolute Gasteiger partial charge is 0.409 e. The van der Waals surface area contributed by atoms with Crippen molar-refractivity contribution in [3.63, 3.8) is 0 Å². The molecule has 1 heterocycles. The van der Waals surface area contributed by atoms with Gasteiger partial charge in [0.2, 0.25) is 0 Å². The number of para-hydroxylation sites is 1. The van der Waals surface area contributed by atoms with Gasteiger partial charge in [-0.25, -0.2) is 9.78 Å². The molecule has 5 heteroatoms. The monoisotopic (exact) mass is 220 g/mol. The second-order valence-corrected chi connectivity index (χ2v) is 3.65. The number of amides is 1. The fourth-order valence-corrected chi connectivity index (χ4v) is 1.87. The number of ether oxygens (including phenoxy) is 1. The van der Waals surface area contributed by atoms with Gasteiger partial charge >= 0.3 is 6.09 Å². The summed E-state index contributed by atoms with van der Waals surface area (Å²) in [5.74, 6) is 0.431. The third-order valence-electron chi connectivity index (χ3n) is 1.76. The number of primary amides is 1. The van der Waals surface area contributed by atoms with E-state index in [4.69, 9.17) is 10.5 Å². The Morgan fingerprint density at radius 2 is 2.20 bits per heavy atom. The third kappa shape index (κ3) is 2.13. The first-order valence-electron chi connectivity index (χ1n) is 4.23. The molecule has 0 saturated carbocycles. The maximum Gasteiger partial charge on any atom is 0.409 e. The molecule has 2 rings (SSSR count). The number of hydrogen-bond acceptors (Lipinski definition) is 4. The van der Waals surface area contributed by atoms with Gasteiger partial charge in [0.05, 0.1) is 5.56 Å². The summed E-state index contributed by atoms with van der Waals surface area (Å²) in [7, 11) is 0. The van der Waals surface area contributed by atoms with Crippen molar-refractivity contribution in [2.45, 2.75) is 0 Å². The Morgan fingerprint density at radius 1 is 1.40 bits per heavy atom. The fourth-order valence-electron chi connectivity index (χ4n) is 1.20. The van der Waals surface area contributed by atoms with Gasteiger partial charge in [0, 0.05) is 11.6 Å². The molecule has 15 heavy (non-hydrogen) atoms. The summed E-state index contributed by atoms with van der Waals surface area (Å²) in [6.45, 7) is 0. The highest BCUT2D eigenvalue weighted by atomic mass is 32.1. The van der Waals surface area contributed by atoms with Gasteiger partial charge in [0.15, 0.2) is 0 Å². The van der Waals surface area contributed by atoms with Gasteiger partial charge in [-0.15, -0.1) is 11.3 Å². The summed E-state index contributed by atoms with van der Waals surface area (Å²) in [4.78, 5) is 14.8. The summed E-state index contributed by atoms with van der Waals surface area (Å²) in [6, 6.07) is 7.14. The number of nitrogens with two attached hydrogens (primary N) is 1. The van der Waals surface area contributed by atoms with Crippen molar-refractivity contribution in [1.82, 2.24) is 4.98 Å². The highest BCUT2D eigenvalue weighted by Crippen LogP contribution is 2.30. The van der Waals surface area contributed by atoms with Crippen molar-refractivity contribution >= 4 is 17.4 Å². The molecule has 0 aliphatic heterocycles. The number of hydrogen-bond donors (Lipinski definition) is 1. The predicted molar refractivity (Wildman–Crippen MR) is 57.8 cm³/mol. The minimum atomic E-state index is -0.820. The van der Waals surface area contributed by atoms with Crippen LogP contribution in [0.3, 0.4) is 0 Å². The van der Waals surface area contributed by atoms with E-state index in [1.165, 1.54) is 11.3 Å². The molecule has 0 radical (unpaired) electrons. The molecule has 2 N–H and O–H groups in total. The van der Waals surface area contributed by atoms with Crippen LogP contribution in [-0.4, -0.2) is 11.1 Å². The molecule has 4 nitrogen and oxygen atoms in total. The van der Waals surface area contributed by atoms with Crippen LogP contribution in [0.1, 0.15) is 0 Å². The van der Waals surface area contributed by atoms with Crippen LogP contribution in [0.15, 0.2) is 35.8 Å². The van der Waals surface area contributed by atoms with Gasteiger partial charge in [-0.3, -0.25) is 0 Å². The largest absolute Gasteiger partial charge is 0.410 e. The minimum absolute atomic E-state index is 0.431. The Labute approximate surface area is 90.3 Å². The maximum absolute atomic E-state index is 10.7. The molecule has 1 aromatic carbocycles. The van der Waals surface area contributed by atoms with Crippen molar-refractivity contribution < 1.29 is 9.53 Å². The summed E-state index contributed by atoms with van der Waals surface area (Å²) in [5.41, 5.74) is 5.74. The van der Waals surface area contributed by atoms with Crippen molar-refractivity contribution in [3.8, 4) is 16.3 Å². The average molecular weight is 220 g/mol. The summed E-state index contributed by atoms with van der Waals surface area (Å²) >= 11 is 1.47. The number of benzene rings is 1. The quantitative estimate of drug-likeness (QED) is 0.844. The van der Waals surface area contributed by atoms with Crippen LogP contribution >= 0.6 is 11.3 Å². The fraction of sp³-hybridized carbons (Fsp3) is 0. The first-order chi connectivity index (χ1) is 7.27. The molecule has 0 aliphatic rings. The molecule has 0 unspecified atom stereocenters. The van der Waals surface area contributed by atoms with Crippen LogP contribution in [0.25, 0.3) is 10.6 Å². The topological polar surface area (TPSA) is 65.2 Å². The number of rotatable bonds is 2. The van der Waals surface area contributed by atoms with Gasteiger partial charge in [-0.05, 0) is 12.1 Å². The molecule has 0 saturated heterocycles. The zero-order valence-electron chi connectivity index (χ0n) is 7.71. The van der Waals surface area contributed by atoms with Crippen LogP contribution in [0.4, 0.5) is 4.79 Å². The van der Waals surface area contributed by atoms with E-state index in [2.05, 4.69) is 4.98 Å². The summed E-state index contributed by atoms with van der Waals surface area (Å²) in [6.07, 6.45) is 0.875. The van der Waals surface area contributed by atoms with Gasteiger partial charge in [0.1, 0.15) is 10.8 Å². The molecule has 2 aromatic rings. The van der Waals surface area contributed by atoms with Crippen LogP contribution in [-0.2, 0) is 0 Å². The lowest BCUT2D eigenvalue weighted by molar-refractivity contribution is 0.211. The van der Waals surface area contributed by atoms with E-state index in [9.17, 15) is 4.79 Å². The molecule has 0 atom stereocenters. The minimum Gasteiger partial charge on any atom is -0.410 e. The molecule has 1 amide bonds. The number of carbonyl (C=O) groups is 1.